The van der Waals surface area contributed by atoms with Gasteiger partial charge >= 0.3 is 12.1 Å². The van der Waals surface area contributed by atoms with Crippen LogP contribution in [0.25, 0.3) is 0 Å². The van der Waals surface area contributed by atoms with Gasteiger partial charge in [0.05, 0.1) is 0 Å². The molecule has 0 aliphatic carbocycles. The number of hydrogen-bond donors (Lipinski definition) is 0. The Morgan fingerprint density at radius 2 is 0.923 bits per heavy atom. The van der Waals surface area contributed by atoms with Crippen molar-refractivity contribution < 1.29 is 9.59 Å². The van der Waals surface area contributed by atoms with Crippen molar-refractivity contribution >= 4 is 23.4 Å². The van der Waals surface area contributed by atoms with Crippen LogP contribution >= 0.6 is 0 Å². The van der Waals surface area contributed by atoms with Gasteiger partial charge in [0.2, 0.25) is 0 Å². The number of carbonyl (C=O) groups excluding carboxylic acids is 2. The molecule has 0 aliphatic rings. The number of urea groups is 2. The normalized spacial score (nSPS) is 10.2. The second kappa shape index (κ2) is 8.89. The van der Waals surface area contributed by atoms with E-state index in [1.807, 2.05) is 60.7 Å². The second-order valence-corrected chi connectivity index (χ2v) is 6.20. The number of carbonyl (C=O) groups is 2. The van der Waals surface area contributed by atoms with Crippen molar-refractivity contribution in [2.45, 2.75) is 0 Å². The van der Waals surface area contributed by atoms with Gasteiger partial charge in [-0.15, -0.1) is 0 Å². The molecule has 0 atom stereocenters. The Morgan fingerprint density at radius 1 is 0.615 bits per heavy atom. The number of para-hydroxylation sites is 2. The maximum absolute atomic E-state index is 12.5. The Hall–Kier alpha value is -3.02. The number of amides is 4. The summed E-state index contributed by atoms with van der Waals surface area (Å²) in [6, 6.07) is 18.7. The molecule has 0 spiro atoms. The van der Waals surface area contributed by atoms with Gasteiger partial charge < -0.3 is 9.80 Å². The van der Waals surface area contributed by atoms with Gasteiger partial charge in [-0.1, -0.05) is 36.4 Å². The maximum Gasteiger partial charge on any atom is 0.324 e. The topological polar surface area (TPSA) is 47.1 Å². The van der Waals surface area contributed by atoms with Crippen molar-refractivity contribution in [1.82, 2.24) is 9.80 Å². The van der Waals surface area contributed by atoms with Gasteiger partial charge in [0.15, 0.2) is 0 Å². The highest BCUT2D eigenvalue weighted by atomic mass is 16.2. The standard InChI is InChI=1S/C20H26N4O2/c1-21(19(25)23(3)17-11-7-5-8-12-17)15-16-22(2)20(26)24(4)18-13-9-6-10-14-18/h5-14H,15-16H2,1-4H3. The molecule has 26 heavy (non-hydrogen) atoms. The molecule has 4 amide bonds. The summed E-state index contributed by atoms with van der Waals surface area (Å²) in [5.41, 5.74) is 1.66. The van der Waals surface area contributed by atoms with Crippen LogP contribution in [0.2, 0.25) is 0 Å². The lowest BCUT2D eigenvalue weighted by atomic mass is 10.3. The third-order valence-corrected chi connectivity index (χ3v) is 4.28. The smallest absolute Gasteiger partial charge is 0.324 e. The van der Waals surface area contributed by atoms with Gasteiger partial charge in [0, 0.05) is 52.7 Å². The summed E-state index contributed by atoms with van der Waals surface area (Å²) in [6.45, 7) is 0.891. The quantitative estimate of drug-likeness (QED) is 0.826. The predicted molar refractivity (Wildman–Crippen MR) is 106 cm³/mol. The molecule has 0 saturated carbocycles. The summed E-state index contributed by atoms with van der Waals surface area (Å²) in [4.78, 5) is 31.4. The van der Waals surface area contributed by atoms with Crippen molar-refractivity contribution in [1.29, 1.82) is 0 Å². The summed E-state index contributed by atoms with van der Waals surface area (Å²) < 4.78 is 0. The van der Waals surface area contributed by atoms with E-state index < -0.39 is 0 Å². The van der Waals surface area contributed by atoms with Crippen LogP contribution in [0.1, 0.15) is 0 Å². The van der Waals surface area contributed by atoms with E-state index in [-0.39, 0.29) is 12.1 Å². The largest absolute Gasteiger partial charge is 0.326 e. The summed E-state index contributed by atoms with van der Waals surface area (Å²) in [7, 11) is 6.96. The average Bonchev–Trinajstić information content (AvgIpc) is 2.70. The van der Waals surface area contributed by atoms with Gasteiger partial charge in [-0.05, 0) is 24.3 Å². The molecule has 6 nitrogen and oxygen atoms in total. The molecule has 2 aromatic rings. The maximum atomic E-state index is 12.5. The predicted octanol–water partition coefficient (Wildman–Crippen LogP) is 3.36. The number of rotatable bonds is 5. The minimum atomic E-state index is -0.117. The SMILES string of the molecule is CN(CCN(C)C(=O)N(C)c1ccccc1)C(=O)N(C)c1ccccc1. The van der Waals surface area contributed by atoms with E-state index in [0.29, 0.717) is 13.1 Å². The van der Waals surface area contributed by atoms with Crippen LogP contribution in [0.4, 0.5) is 21.0 Å². The monoisotopic (exact) mass is 354 g/mol. The highest BCUT2D eigenvalue weighted by Crippen LogP contribution is 2.14. The molecule has 2 aromatic carbocycles. The Morgan fingerprint density at radius 3 is 1.23 bits per heavy atom. The lowest BCUT2D eigenvalue weighted by Gasteiger charge is -2.29. The Labute approximate surface area is 155 Å². The molecule has 2 rings (SSSR count). The summed E-state index contributed by atoms with van der Waals surface area (Å²) in [5.74, 6) is 0. The first-order chi connectivity index (χ1) is 12.4. The third-order valence-electron chi connectivity index (χ3n) is 4.28. The zero-order valence-corrected chi connectivity index (χ0v) is 15.8. The van der Waals surface area contributed by atoms with Crippen LogP contribution < -0.4 is 9.80 Å². The Bertz CT molecular complexity index is 658. The van der Waals surface area contributed by atoms with Crippen molar-refractivity contribution in [3.8, 4) is 0 Å². The van der Waals surface area contributed by atoms with E-state index >= 15 is 0 Å². The summed E-state index contributed by atoms with van der Waals surface area (Å²) in [6.07, 6.45) is 0. The van der Waals surface area contributed by atoms with Gasteiger partial charge in [0.25, 0.3) is 0 Å². The second-order valence-electron chi connectivity index (χ2n) is 6.20. The Kier molecular flexibility index (Phi) is 6.60. The summed E-state index contributed by atoms with van der Waals surface area (Å²) >= 11 is 0. The van der Waals surface area contributed by atoms with E-state index in [9.17, 15) is 9.59 Å². The van der Waals surface area contributed by atoms with Gasteiger partial charge in [0.1, 0.15) is 0 Å². The van der Waals surface area contributed by atoms with Crippen LogP contribution in [-0.4, -0.2) is 63.1 Å². The molecule has 0 heterocycles. The third kappa shape index (κ3) is 4.75. The zero-order chi connectivity index (χ0) is 19.1. The molecule has 6 heteroatoms. The van der Waals surface area contributed by atoms with Crippen molar-refractivity contribution in [3.63, 3.8) is 0 Å². The summed E-state index contributed by atoms with van der Waals surface area (Å²) in [5, 5.41) is 0. The molecule has 0 saturated heterocycles. The minimum Gasteiger partial charge on any atom is -0.326 e. The molecule has 138 valence electrons. The molecule has 0 aromatic heterocycles. The molecule has 0 N–H and O–H groups in total. The lowest BCUT2D eigenvalue weighted by molar-refractivity contribution is 0.199. The van der Waals surface area contributed by atoms with Gasteiger partial charge in [-0.2, -0.15) is 0 Å². The van der Waals surface area contributed by atoms with Crippen LogP contribution in [0, 0.1) is 0 Å². The van der Waals surface area contributed by atoms with Gasteiger partial charge in [-0.25, -0.2) is 9.59 Å². The number of hydrogen-bond acceptors (Lipinski definition) is 2. The first kappa shape index (κ1) is 19.3. The highest BCUT2D eigenvalue weighted by molar-refractivity contribution is 5.92. The van der Waals surface area contributed by atoms with Crippen LogP contribution in [0.15, 0.2) is 60.7 Å². The van der Waals surface area contributed by atoms with Crippen molar-refractivity contribution in [2.24, 2.45) is 0 Å². The lowest BCUT2D eigenvalue weighted by Crippen LogP contribution is -2.45. The molecule has 0 aliphatic heterocycles. The highest BCUT2D eigenvalue weighted by Gasteiger charge is 2.19. The van der Waals surface area contributed by atoms with Crippen LogP contribution in [0.5, 0.6) is 0 Å². The van der Waals surface area contributed by atoms with E-state index in [0.717, 1.165) is 11.4 Å². The molecule has 0 radical (unpaired) electrons. The molecular formula is C20H26N4O2. The van der Waals surface area contributed by atoms with E-state index in [4.69, 9.17) is 0 Å². The van der Waals surface area contributed by atoms with E-state index in [2.05, 4.69) is 0 Å². The number of likely N-dealkylation sites (N-methyl/N-ethyl adjacent to an activating group) is 2. The van der Waals surface area contributed by atoms with Gasteiger partial charge in [-0.3, -0.25) is 9.80 Å². The van der Waals surface area contributed by atoms with E-state index in [1.165, 1.54) is 0 Å². The number of benzene rings is 2. The number of nitrogens with zero attached hydrogens (tertiary/aromatic N) is 4. The molecule has 0 bridgehead atoms. The number of anilines is 2. The van der Waals surface area contributed by atoms with Crippen molar-refractivity contribution in [3.05, 3.63) is 60.7 Å². The molecule has 0 fully saturated rings. The van der Waals surface area contributed by atoms with Crippen LogP contribution in [0.3, 0.4) is 0 Å². The van der Waals surface area contributed by atoms with E-state index in [1.54, 1.807) is 47.8 Å². The molecular weight excluding hydrogens is 328 g/mol. The molecule has 0 unspecified atom stereocenters. The fourth-order valence-electron chi connectivity index (χ4n) is 2.53. The van der Waals surface area contributed by atoms with Crippen molar-refractivity contribution in [2.75, 3.05) is 51.1 Å². The fourth-order valence-corrected chi connectivity index (χ4v) is 2.53. The first-order valence-electron chi connectivity index (χ1n) is 8.49. The average molecular weight is 354 g/mol. The first-order valence-corrected chi connectivity index (χ1v) is 8.49. The van der Waals surface area contributed by atoms with Crippen LogP contribution in [-0.2, 0) is 0 Å². The fraction of sp³-hybridized carbons (Fsp3) is 0.300. The Balaban J connectivity index is 1.88. The minimum absolute atomic E-state index is 0.117. The zero-order valence-electron chi connectivity index (χ0n) is 15.8.